The van der Waals surface area contributed by atoms with Crippen molar-refractivity contribution >= 4 is 21.6 Å². The van der Waals surface area contributed by atoms with Crippen LogP contribution in [0.15, 0.2) is 51.9 Å². The van der Waals surface area contributed by atoms with E-state index >= 15 is 0 Å². The second kappa shape index (κ2) is 8.50. The van der Waals surface area contributed by atoms with E-state index in [1.54, 1.807) is 36.1 Å². The normalized spacial score (nSPS) is 14.5. The van der Waals surface area contributed by atoms with Gasteiger partial charge in [0.25, 0.3) is 10.0 Å². The highest BCUT2D eigenvalue weighted by atomic mass is 32.2. The highest BCUT2D eigenvalue weighted by Gasteiger charge is 2.25. The lowest BCUT2D eigenvalue weighted by Gasteiger charge is -2.24. The Morgan fingerprint density at radius 2 is 1.77 bits per heavy atom. The van der Waals surface area contributed by atoms with Crippen LogP contribution in [-0.2, 0) is 10.0 Å². The smallest absolute Gasteiger partial charge is 0.316 e. The summed E-state index contributed by atoms with van der Waals surface area (Å²) in [6.07, 6.45) is 3.02. The number of hydrogen-bond donors (Lipinski definition) is 1. The highest BCUT2D eigenvalue weighted by molar-refractivity contribution is 7.92. The Bertz CT molecular complexity index is 1210. The number of likely N-dealkylation sites (tertiary alicyclic amines) is 1. The van der Waals surface area contributed by atoms with Crippen LogP contribution in [-0.4, -0.2) is 42.5 Å². The Labute approximate surface area is 181 Å². The maximum atomic E-state index is 13.0. The molecular weight excluding hydrogens is 416 g/mol. The maximum Gasteiger partial charge on any atom is 0.316 e. The molecule has 3 aromatic rings. The SMILES string of the molecule is Cc1ccccc1NS(=O)(=O)c1cc(-c2noc(C(=O)N3CCCCC3)n2)ccc1C. The number of sulfonamides is 1. The van der Waals surface area contributed by atoms with E-state index < -0.39 is 10.0 Å². The number of carbonyl (C=O) groups is 1. The molecule has 31 heavy (non-hydrogen) atoms. The van der Waals surface area contributed by atoms with E-state index in [0.717, 1.165) is 24.8 Å². The van der Waals surface area contributed by atoms with Crippen LogP contribution in [0.4, 0.5) is 5.69 Å². The topological polar surface area (TPSA) is 105 Å². The van der Waals surface area contributed by atoms with Crippen LogP contribution in [0, 0.1) is 13.8 Å². The third-order valence-electron chi connectivity index (χ3n) is 5.38. The number of carbonyl (C=O) groups excluding carboxylic acids is 1. The van der Waals surface area contributed by atoms with E-state index in [9.17, 15) is 13.2 Å². The Balaban J connectivity index is 1.62. The minimum absolute atomic E-state index is 0.0834. The molecule has 4 rings (SSSR count). The summed E-state index contributed by atoms with van der Waals surface area (Å²) in [4.78, 5) is 18.6. The average Bonchev–Trinajstić information content (AvgIpc) is 3.26. The molecule has 0 unspecified atom stereocenters. The number of para-hydroxylation sites is 1. The Kier molecular flexibility index (Phi) is 5.77. The number of hydrogen-bond acceptors (Lipinski definition) is 6. The van der Waals surface area contributed by atoms with Gasteiger partial charge in [0.1, 0.15) is 0 Å². The molecular formula is C22H24N4O4S. The van der Waals surface area contributed by atoms with Gasteiger partial charge in [0.15, 0.2) is 0 Å². The first-order valence-corrected chi connectivity index (χ1v) is 11.7. The number of piperidine rings is 1. The van der Waals surface area contributed by atoms with E-state index in [0.29, 0.717) is 29.9 Å². The molecule has 2 heterocycles. The predicted octanol–water partition coefficient (Wildman–Crippen LogP) is 3.78. The van der Waals surface area contributed by atoms with E-state index in [2.05, 4.69) is 14.9 Å². The number of nitrogens with zero attached hydrogens (tertiary/aromatic N) is 3. The summed E-state index contributed by atoms with van der Waals surface area (Å²) >= 11 is 0. The Hall–Kier alpha value is -3.20. The largest absolute Gasteiger partial charge is 0.334 e. The minimum atomic E-state index is -3.83. The number of rotatable bonds is 5. The molecule has 0 saturated carbocycles. The number of aryl methyl sites for hydroxylation is 2. The summed E-state index contributed by atoms with van der Waals surface area (Å²) in [7, 11) is -3.83. The van der Waals surface area contributed by atoms with Gasteiger partial charge in [-0.2, -0.15) is 4.98 Å². The quantitative estimate of drug-likeness (QED) is 0.647. The number of aromatic nitrogens is 2. The molecule has 1 fully saturated rings. The van der Waals surface area contributed by atoms with Crippen molar-refractivity contribution in [3.63, 3.8) is 0 Å². The van der Waals surface area contributed by atoms with Crippen molar-refractivity contribution in [1.29, 1.82) is 0 Å². The van der Waals surface area contributed by atoms with Crippen LogP contribution in [0.3, 0.4) is 0 Å². The van der Waals surface area contributed by atoms with Gasteiger partial charge in [-0.1, -0.05) is 35.5 Å². The van der Waals surface area contributed by atoms with Gasteiger partial charge in [0.2, 0.25) is 5.82 Å². The van der Waals surface area contributed by atoms with Crippen LogP contribution in [0.1, 0.15) is 41.1 Å². The summed E-state index contributed by atoms with van der Waals surface area (Å²) in [5.41, 5.74) is 2.37. The molecule has 0 radical (unpaired) electrons. The number of amides is 1. The van der Waals surface area contributed by atoms with Crippen LogP contribution >= 0.6 is 0 Å². The minimum Gasteiger partial charge on any atom is -0.334 e. The molecule has 9 heteroatoms. The monoisotopic (exact) mass is 440 g/mol. The van der Waals surface area contributed by atoms with Gasteiger partial charge in [0.05, 0.1) is 10.6 Å². The molecule has 2 aromatic carbocycles. The summed E-state index contributed by atoms with van der Waals surface area (Å²) in [6, 6.07) is 12.1. The zero-order valence-corrected chi connectivity index (χ0v) is 18.3. The first-order valence-electron chi connectivity index (χ1n) is 10.2. The fraction of sp³-hybridized carbons (Fsp3) is 0.318. The van der Waals surface area contributed by atoms with Crippen LogP contribution in [0.5, 0.6) is 0 Å². The predicted molar refractivity (Wildman–Crippen MR) is 116 cm³/mol. The molecule has 1 saturated heterocycles. The van der Waals surface area contributed by atoms with Gasteiger partial charge in [-0.25, -0.2) is 8.42 Å². The third kappa shape index (κ3) is 4.46. The lowest BCUT2D eigenvalue weighted by molar-refractivity contribution is 0.0674. The molecule has 1 N–H and O–H groups in total. The Morgan fingerprint density at radius 3 is 2.52 bits per heavy atom. The summed E-state index contributed by atoms with van der Waals surface area (Å²) in [5.74, 6) is -0.202. The molecule has 8 nitrogen and oxygen atoms in total. The van der Waals surface area contributed by atoms with Crippen molar-refractivity contribution in [3.05, 3.63) is 59.5 Å². The zero-order chi connectivity index (χ0) is 22.0. The van der Waals surface area contributed by atoms with Crippen molar-refractivity contribution < 1.29 is 17.7 Å². The third-order valence-corrected chi connectivity index (χ3v) is 6.89. The summed E-state index contributed by atoms with van der Waals surface area (Å²) in [5, 5.41) is 3.90. The second-order valence-corrected chi connectivity index (χ2v) is 9.33. The van der Waals surface area contributed by atoms with Crippen LogP contribution in [0.2, 0.25) is 0 Å². The van der Waals surface area contributed by atoms with Crippen LogP contribution < -0.4 is 4.72 Å². The average molecular weight is 441 g/mol. The highest BCUT2D eigenvalue weighted by Crippen LogP contribution is 2.26. The fourth-order valence-corrected chi connectivity index (χ4v) is 4.98. The van der Waals surface area contributed by atoms with E-state index in [1.807, 2.05) is 19.1 Å². The van der Waals surface area contributed by atoms with Crippen molar-refractivity contribution in [2.75, 3.05) is 17.8 Å². The standard InChI is InChI=1S/C22H24N4O4S/c1-15-8-4-5-9-18(15)25-31(28,29)19-14-17(11-10-16(19)2)20-23-21(30-24-20)22(27)26-12-6-3-7-13-26/h4-5,8-11,14,25H,3,6-7,12-13H2,1-2H3. The van der Waals surface area contributed by atoms with Gasteiger partial charge in [0, 0.05) is 18.7 Å². The lowest BCUT2D eigenvalue weighted by atomic mass is 10.1. The zero-order valence-electron chi connectivity index (χ0n) is 17.5. The maximum absolute atomic E-state index is 13.0. The first kappa shape index (κ1) is 21.0. The second-order valence-electron chi connectivity index (χ2n) is 7.68. The van der Waals surface area contributed by atoms with Crippen molar-refractivity contribution in [1.82, 2.24) is 15.0 Å². The summed E-state index contributed by atoms with van der Waals surface area (Å²) in [6.45, 7) is 4.90. The van der Waals surface area contributed by atoms with Gasteiger partial charge < -0.3 is 9.42 Å². The molecule has 1 aliphatic rings. The van der Waals surface area contributed by atoms with Crippen molar-refractivity contribution in [3.8, 4) is 11.4 Å². The van der Waals surface area contributed by atoms with Gasteiger partial charge in [-0.3, -0.25) is 9.52 Å². The fourth-order valence-electron chi connectivity index (χ4n) is 3.58. The molecule has 0 aliphatic carbocycles. The van der Waals surface area contributed by atoms with Gasteiger partial charge in [-0.05, 0) is 56.4 Å². The van der Waals surface area contributed by atoms with Crippen molar-refractivity contribution in [2.24, 2.45) is 0 Å². The Morgan fingerprint density at radius 1 is 1.03 bits per heavy atom. The number of benzene rings is 2. The molecule has 162 valence electrons. The first-order chi connectivity index (χ1) is 14.8. The molecule has 1 amide bonds. The van der Waals surface area contributed by atoms with E-state index in [1.165, 1.54) is 6.07 Å². The number of anilines is 1. The lowest BCUT2D eigenvalue weighted by Crippen LogP contribution is -2.35. The number of nitrogens with one attached hydrogen (secondary N) is 1. The van der Waals surface area contributed by atoms with Gasteiger partial charge in [-0.15, -0.1) is 0 Å². The summed E-state index contributed by atoms with van der Waals surface area (Å²) < 4.78 is 33.9. The molecule has 1 aliphatic heterocycles. The van der Waals surface area contributed by atoms with Gasteiger partial charge >= 0.3 is 11.8 Å². The van der Waals surface area contributed by atoms with Crippen LogP contribution in [0.25, 0.3) is 11.4 Å². The molecule has 0 bridgehead atoms. The molecule has 1 aromatic heterocycles. The van der Waals surface area contributed by atoms with Crippen molar-refractivity contribution in [2.45, 2.75) is 38.0 Å². The molecule has 0 atom stereocenters. The molecule has 0 spiro atoms. The van der Waals surface area contributed by atoms with E-state index in [4.69, 9.17) is 4.52 Å². The van der Waals surface area contributed by atoms with E-state index in [-0.39, 0.29) is 22.5 Å².